The highest BCUT2D eigenvalue weighted by atomic mass is 32.2. The zero-order chi connectivity index (χ0) is 96.2. The molecule has 1 amide bonds. The Morgan fingerprint density at radius 3 is 1.29 bits per heavy atom. The summed E-state index contributed by atoms with van der Waals surface area (Å²) < 4.78 is 169. The second-order valence-corrected chi connectivity index (χ2v) is 35.8. The lowest BCUT2D eigenvalue weighted by atomic mass is 9.80. The van der Waals surface area contributed by atoms with Crippen LogP contribution in [0.4, 0.5) is 71.6 Å². The average molecular weight is 1860 g/mol. The van der Waals surface area contributed by atoms with Gasteiger partial charge in [0, 0.05) is 111 Å². The zero-order valence-electron chi connectivity index (χ0n) is 75.1. The van der Waals surface area contributed by atoms with Crippen molar-refractivity contribution in [1.29, 1.82) is 0 Å². The maximum atomic E-state index is 14.8. The van der Waals surface area contributed by atoms with Crippen LogP contribution in [0.1, 0.15) is 214 Å². The Balaban J connectivity index is 0.000000151. The Morgan fingerprint density at radius 1 is 0.474 bits per heavy atom. The Morgan fingerprint density at radius 2 is 0.872 bits per heavy atom. The Bertz CT molecular complexity index is 7200. The lowest BCUT2D eigenvalue weighted by Gasteiger charge is -2.26. The van der Waals surface area contributed by atoms with Gasteiger partial charge in [-0.05, 0) is 161 Å². The minimum absolute atomic E-state index is 0.00166. The molecule has 1 saturated carbocycles. The maximum Gasteiger partial charge on any atom is 0.266 e. The maximum absolute atomic E-state index is 14.8. The van der Waals surface area contributed by atoms with Gasteiger partial charge in [0.25, 0.3) is 53.5 Å². The molecular weight excluding hydrogens is 1760 g/mol. The largest absolute Gasteiger partial charge is 0.363 e. The van der Waals surface area contributed by atoms with Gasteiger partial charge in [-0.3, -0.25) is 51.2 Å². The molecule has 11 heterocycles. The van der Waals surface area contributed by atoms with Crippen LogP contribution in [0.15, 0.2) is 164 Å². The van der Waals surface area contributed by atoms with Crippen LogP contribution in [0.3, 0.4) is 0 Å². The van der Waals surface area contributed by atoms with Crippen molar-refractivity contribution in [3.05, 3.63) is 288 Å². The van der Waals surface area contributed by atoms with E-state index in [9.17, 15) is 81.3 Å². The molecule has 25 nitrogen and oxygen atoms in total. The molecule has 0 radical (unpaired) electrons. The second kappa shape index (κ2) is 40.6. The number of fused-ring (bicyclic) bond motifs is 4. The van der Waals surface area contributed by atoms with Crippen LogP contribution in [0.2, 0.25) is 0 Å². The van der Waals surface area contributed by atoms with Crippen molar-refractivity contribution in [2.75, 3.05) is 45.9 Å². The summed E-state index contributed by atoms with van der Waals surface area (Å²) in [7, 11) is 4.31. The van der Waals surface area contributed by atoms with E-state index in [1.54, 1.807) is 128 Å². The monoisotopic (exact) mass is 1860 g/mol. The molecule has 4 aromatic carbocycles. The van der Waals surface area contributed by atoms with Crippen molar-refractivity contribution in [3.63, 3.8) is 0 Å². The number of alkyl halides is 8. The highest BCUT2D eigenvalue weighted by Gasteiger charge is 2.31. The number of amides is 1. The molecule has 1 aliphatic carbocycles. The lowest BCUT2D eigenvalue weighted by Crippen LogP contribution is -2.33. The van der Waals surface area contributed by atoms with Gasteiger partial charge in [0.05, 0.1) is 73.5 Å². The number of hydrogen-bond donors (Lipinski definition) is 4. The number of halogens is 11. The molecule has 9 aromatic heterocycles. The minimum atomic E-state index is -2.95. The third-order valence-electron chi connectivity index (χ3n) is 24.2. The summed E-state index contributed by atoms with van der Waals surface area (Å²) in [4.78, 5) is 113. The molecule has 133 heavy (non-hydrogen) atoms. The summed E-state index contributed by atoms with van der Waals surface area (Å²) in [5, 5.41) is 14.9. The average Bonchev–Trinajstić information content (AvgIpc) is 0.760. The number of aromatic nitrogens is 13. The SMILES string of the molecule is C=S1(=O)CC=C(c2cc3c(N[C@H](C)c4cccc(C(F)F)c4F)ncnc3n(C)c2=O)CC1.CC(=O)N1CC=C(c2cc3c(N[C@H](C)c4cccc(C(F)F)c4C)ncnc3n(C)c2=O)CC1.CCCn1cccc(-c2cc3c(N[C@H](C)c4cccc(C(F)F)c4F)nc(C)nc3n(C)c2=O)c1=O.Cc1nc(N[C@H](C)c2cccc(C(F)F)c2F)c2cc(C3CCC3)c(=O)n(C)c2n1. The minimum Gasteiger partial charge on any atom is -0.363 e. The van der Waals surface area contributed by atoms with E-state index in [-0.39, 0.29) is 79.3 Å². The van der Waals surface area contributed by atoms with E-state index in [1.165, 1.54) is 80.3 Å². The standard InChI is InChI=1S/C26H26F3N5O2.C25H27F2N5O2.C23H23F3N4O2S.C22H23F3N4O/c1-5-11-34-12-7-10-17(26(34)36)19-13-20-23(31-15(3)32-24(20)33(4)25(19)35)30-14(2)16-8-6-9-18(21(16)27)22(28)29;1-14-18(6-5-7-19(14)22(26)27)15(2)30-23-21-12-20(17-8-10-32(11-9-17)16(3)33)25(34)31(4)24(21)29-13-28-23;1-13(15-5-4-6-16(19(15)24)20(25)26)29-21-18-11-17(14-7-9-33(3,32)10-8-14)23(31)30(2)22(18)28-12-27-21;1-11(14-8-5-9-15(18(14)23)19(24)25)26-20-17-10-16(13-6-4-7-13)22(30)29(3)21(17)28-12(2)27-20/h6-10,12-14,22H,5,11H2,1-4H3,(H,30,31,32);5-8,12-13,15,22H,9-11H2,1-4H3,(H,28,29,30);4-7,11-13,20H,3,8-10H2,1-2H3,(H,27,28,29);5,8-11,13,19H,4,6-7H2,1-3H3,(H,26,27,28)/t14-;15-;13-,33?;11-/m1111/s1. The van der Waals surface area contributed by atoms with Gasteiger partial charge < -0.3 is 30.7 Å². The highest BCUT2D eigenvalue weighted by Crippen LogP contribution is 2.40. The Labute approximate surface area is 757 Å². The van der Waals surface area contributed by atoms with Gasteiger partial charge in [-0.15, -0.1) is 0 Å². The molecule has 0 spiro atoms. The molecule has 2 aliphatic heterocycles. The first-order chi connectivity index (χ1) is 63.2. The molecule has 0 saturated heterocycles. The van der Waals surface area contributed by atoms with Crippen molar-refractivity contribution in [2.45, 2.75) is 163 Å². The number of allylic oxidation sites excluding steroid dienone is 1. The zero-order valence-corrected chi connectivity index (χ0v) is 76.0. The number of anilines is 4. The molecule has 13 aromatic rings. The fraction of sp³-hybridized carbons (Fsp3) is 0.344. The van der Waals surface area contributed by atoms with Crippen molar-refractivity contribution >= 4 is 99.9 Å². The van der Waals surface area contributed by atoms with Crippen LogP contribution in [0.5, 0.6) is 0 Å². The predicted molar refractivity (Wildman–Crippen MR) is 496 cm³/mol. The number of nitrogens with zero attached hydrogens (tertiary/aromatic N) is 14. The Kier molecular flexibility index (Phi) is 29.6. The Hall–Kier alpha value is -13.6. The van der Waals surface area contributed by atoms with Crippen molar-refractivity contribution in [1.82, 2.24) is 67.6 Å². The van der Waals surface area contributed by atoms with E-state index < -0.39 is 93.1 Å². The number of carbonyl (C=O) groups is 1. The first kappa shape index (κ1) is 96.9. The second-order valence-electron chi connectivity index (χ2n) is 33.2. The van der Waals surface area contributed by atoms with Crippen LogP contribution in [0, 0.1) is 38.2 Å². The van der Waals surface area contributed by atoms with Gasteiger partial charge in [0.15, 0.2) is 0 Å². The summed E-state index contributed by atoms with van der Waals surface area (Å²) in [6.07, 6.45) is 1.53. The summed E-state index contributed by atoms with van der Waals surface area (Å²) in [6.45, 7) is 16.9. The molecule has 5 atom stereocenters. The molecule has 1 unspecified atom stereocenters. The molecule has 37 heteroatoms. The van der Waals surface area contributed by atoms with Gasteiger partial charge in [-0.1, -0.05) is 98.3 Å². The van der Waals surface area contributed by atoms with Gasteiger partial charge in [-0.25, -0.2) is 88.2 Å². The highest BCUT2D eigenvalue weighted by molar-refractivity contribution is 8.00. The molecule has 0 bridgehead atoms. The first-order valence-electron chi connectivity index (χ1n) is 42.9. The normalized spacial score (nSPS) is 15.5. The van der Waals surface area contributed by atoms with Crippen molar-refractivity contribution in [2.24, 2.45) is 28.2 Å². The molecule has 698 valence electrons. The summed E-state index contributed by atoms with van der Waals surface area (Å²) >= 11 is 0. The van der Waals surface area contributed by atoms with E-state index in [0.717, 1.165) is 66.2 Å². The third kappa shape index (κ3) is 20.5. The van der Waals surface area contributed by atoms with Gasteiger partial charge in [-0.2, -0.15) is 0 Å². The van der Waals surface area contributed by atoms with Crippen molar-refractivity contribution in [3.8, 4) is 11.1 Å². The number of hydrogen-bond acceptors (Lipinski definition) is 19. The summed E-state index contributed by atoms with van der Waals surface area (Å²) in [5.41, 5.74) is 3.79. The smallest absolute Gasteiger partial charge is 0.266 e. The molecule has 1 fully saturated rings. The van der Waals surface area contributed by atoms with Crippen LogP contribution >= 0.6 is 0 Å². The van der Waals surface area contributed by atoms with E-state index in [1.807, 2.05) is 32.1 Å². The van der Waals surface area contributed by atoms with Crippen LogP contribution in [-0.2, 0) is 49.1 Å². The fourth-order valence-corrected chi connectivity index (χ4v) is 17.9. The van der Waals surface area contributed by atoms with Gasteiger partial charge in [0.1, 0.15) is 87.6 Å². The first-order valence-corrected chi connectivity index (χ1v) is 45.0. The van der Waals surface area contributed by atoms with E-state index >= 15 is 0 Å². The van der Waals surface area contributed by atoms with E-state index in [2.05, 4.69) is 67.0 Å². The van der Waals surface area contributed by atoms with Gasteiger partial charge >= 0.3 is 0 Å². The molecule has 16 rings (SSSR count). The quantitative estimate of drug-likeness (QED) is 0.0362. The summed E-state index contributed by atoms with van der Waals surface area (Å²) in [6, 6.07) is 24.3. The number of carbonyl (C=O) groups excluding carboxylic acids is 1. The lowest BCUT2D eigenvalue weighted by molar-refractivity contribution is -0.128. The van der Waals surface area contributed by atoms with Crippen LogP contribution < -0.4 is 49.1 Å². The van der Waals surface area contributed by atoms with Gasteiger partial charge in [0.2, 0.25) is 5.91 Å². The third-order valence-corrected chi connectivity index (χ3v) is 26.0. The van der Waals surface area contributed by atoms with E-state index in [4.69, 9.17) is 0 Å². The predicted octanol–water partition coefficient (Wildman–Crippen LogP) is 18.7. The summed E-state index contributed by atoms with van der Waals surface area (Å²) in [5.74, 6) is 4.16. The van der Waals surface area contributed by atoms with Crippen LogP contribution in [0.25, 0.3) is 66.4 Å². The molecular formula is C96H99F11N18O7S. The molecule has 4 N–H and O–H groups in total. The van der Waals surface area contributed by atoms with Crippen LogP contribution in [-0.4, -0.2) is 108 Å². The number of aryl methyl sites for hydroxylation is 7. The van der Waals surface area contributed by atoms with Crippen molar-refractivity contribution < 1.29 is 57.3 Å². The van der Waals surface area contributed by atoms with E-state index in [0.29, 0.717) is 134 Å². The number of nitrogens with one attached hydrogen (secondary N) is 4. The topological polar surface area (TPSA) is 299 Å². The number of rotatable bonds is 22. The fourth-order valence-electron chi connectivity index (χ4n) is 16.6. The number of pyridine rings is 5. The number of benzene rings is 4. The molecule has 3 aliphatic rings.